The first-order valence-electron chi connectivity index (χ1n) is 13.9. The minimum absolute atomic E-state index is 0.204. The molecule has 9 nitrogen and oxygen atoms in total. The lowest BCUT2D eigenvalue weighted by atomic mass is 9.94. The molecule has 0 unspecified atom stereocenters. The van der Waals surface area contributed by atoms with E-state index in [1.165, 1.54) is 12.6 Å². The molecule has 0 spiro atoms. The van der Waals surface area contributed by atoms with Crippen LogP contribution in [0.4, 0.5) is 11.4 Å². The van der Waals surface area contributed by atoms with E-state index in [9.17, 15) is 19.5 Å². The number of aromatic carboxylic acids is 1. The number of hydrogen-bond donors (Lipinski definition) is 3. The predicted octanol–water partition coefficient (Wildman–Crippen LogP) is 6.81. The van der Waals surface area contributed by atoms with E-state index < -0.39 is 5.97 Å². The number of nitrogens with one attached hydrogen (secondary N) is 2. The van der Waals surface area contributed by atoms with E-state index in [2.05, 4.69) is 20.2 Å². The number of imidazole rings is 1. The molecular formula is C33H29N5O4. The highest BCUT2D eigenvalue weighted by Gasteiger charge is 2.23. The highest BCUT2D eigenvalue weighted by atomic mass is 16.4. The van der Waals surface area contributed by atoms with Crippen LogP contribution >= 0.6 is 0 Å². The summed E-state index contributed by atoms with van der Waals surface area (Å²) in [6, 6.07) is 22.9. The number of anilines is 2. The molecule has 2 amide bonds. The van der Waals surface area contributed by atoms with Crippen molar-refractivity contribution in [3.05, 3.63) is 108 Å². The third-order valence-electron chi connectivity index (χ3n) is 7.58. The van der Waals surface area contributed by atoms with E-state index in [1.54, 1.807) is 66.9 Å². The number of pyridine rings is 1. The zero-order chi connectivity index (χ0) is 29.1. The van der Waals surface area contributed by atoms with Crippen LogP contribution in [0.3, 0.4) is 0 Å². The van der Waals surface area contributed by atoms with Gasteiger partial charge in [-0.1, -0.05) is 37.5 Å². The minimum Gasteiger partial charge on any atom is -0.478 e. The summed E-state index contributed by atoms with van der Waals surface area (Å²) in [5.74, 6) is -0.796. The molecule has 1 aliphatic rings. The summed E-state index contributed by atoms with van der Waals surface area (Å²) in [4.78, 5) is 46.0. The van der Waals surface area contributed by atoms with Gasteiger partial charge in [0.1, 0.15) is 5.82 Å². The molecular weight excluding hydrogens is 530 g/mol. The topological polar surface area (TPSA) is 126 Å². The van der Waals surface area contributed by atoms with Crippen molar-refractivity contribution >= 4 is 40.2 Å². The van der Waals surface area contributed by atoms with Crippen LogP contribution in [0.2, 0.25) is 0 Å². The zero-order valence-corrected chi connectivity index (χ0v) is 22.8. The van der Waals surface area contributed by atoms with E-state index in [4.69, 9.17) is 4.98 Å². The van der Waals surface area contributed by atoms with Gasteiger partial charge in [0.15, 0.2) is 0 Å². The largest absolute Gasteiger partial charge is 0.478 e. The van der Waals surface area contributed by atoms with E-state index >= 15 is 0 Å². The van der Waals surface area contributed by atoms with Crippen molar-refractivity contribution in [1.29, 1.82) is 0 Å². The molecule has 2 aromatic heterocycles. The van der Waals surface area contributed by atoms with Crippen LogP contribution in [0.25, 0.3) is 22.4 Å². The lowest BCUT2D eigenvalue weighted by Crippen LogP contribution is -2.15. The third-order valence-corrected chi connectivity index (χ3v) is 7.58. The first-order valence-corrected chi connectivity index (χ1v) is 13.9. The fraction of sp³-hybridized carbons (Fsp3) is 0.182. The maximum absolute atomic E-state index is 13.1. The SMILES string of the molecule is O=C(O)c1ccc2c(c1)nc(-c1ccc(C(=O)Nc3cccc(NC(=O)c4cccnc4)c3)cc1)n2C1CCCCC1. The number of rotatable bonds is 7. The van der Waals surface area contributed by atoms with E-state index in [0.717, 1.165) is 42.6 Å². The van der Waals surface area contributed by atoms with Gasteiger partial charge in [-0.3, -0.25) is 14.6 Å². The summed E-state index contributed by atoms with van der Waals surface area (Å²) < 4.78 is 2.24. The molecule has 6 rings (SSSR count). The Morgan fingerprint density at radius 2 is 1.45 bits per heavy atom. The van der Waals surface area contributed by atoms with Crippen LogP contribution in [0, 0.1) is 0 Å². The van der Waals surface area contributed by atoms with Crippen molar-refractivity contribution in [2.45, 2.75) is 38.1 Å². The standard InChI is InChI=1S/C33H29N5O4/c39-31(35-25-7-4-8-26(19-25)36-32(40)24-6-5-17-34-20-24)22-13-11-21(12-14-22)30-37-28-18-23(33(41)42)15-16-29(28)38(30)27-9-2-1-3-10-27/h4-8,11-20,27H,1-3,9-10H2,(H,35,39)(H,36,40)(H,41,42). The quantitative estimate of drug-likeness (QED) is 0.201. The van der Waals surface area contributed by atoms with Crippen molar-refractivity contribution in [3.8, 4) is 11.4 Å². The summed E-state index contributed by atoms with van der Waals surface area (Å²) in [7, 11) is 0. The van der Waals surface area contributed by atoms with Crippen molar-refractivity contribution in [2.75, 3.05) is 10.6 Å². The Kier molecular flexibility index (Phi) is 7.47. The number of amides is 2. The van der Waals surface area contributed by atoms with Gasteiger partial charge in [0.25, 0.3) is 11.8 Å². The Hall–Kier alpha value is -5.31. The molecule has 5 aromatic rings. The van der Waals surface area contributed by atoms with Crippen LogP contribution in [0.15, 0.2) is 91.3 Å². The smallest absolute Gasteiger partial charge is 0.335 e. The Morgan fingerprint density at radius 3 is 2.12 bits per heavy atom. The molecule has 1 aliphatic carbocycles. The average Bonchev–Trinajstić information content (AvgIpc) is 3.41. The van der Waals surface area contributed by atoms with Crippen LogP contribution in [-0.4, -0.2) is 37.4 Å². The lowest BCUT2D eigenvalue weighted by Gasteiger charge is -2.25. The number of hydrogen-bond acceptors (Lipinski definition) is 5. The maximum atomic E-state index is 13.1. The van der Waals surface area contributed by atoms with Crippen molar-refractivity contribution in [1.82, 2.24) is 14.5 Å². The van der Waals surface area contributed by atoms with Crippen LogP contribution < -0.4 is 10.6 Å². The number of carboxylic acid groups (broad SMARTS) is 1. The first-order chi connectivity index (χ1) is 20.5. The highest BCUT2D eigenvalue weighted by molar-refractivity contribution is 6.06. The van der Waals surface area contributed by atoms with Gasteiger partial charge in [-0.05, 0) is 73.5 Å². The van der Waals surface area contributed by atoms with Crippen LogP contribution in [-0.2, 0) is 0 Å². The molecule has 0 bridgehead atoms. The number of carbonyl (C=O) groups is 3. The van der Waals surface area contributed by atoms with Gasteiger partial charge in [-0.15, -0.1) is 0 Å². The van der Waals surface area contributed by atoms with Crippen molar-refractivity contribution in [3.63, 3.8) is 0 Å². The second-order valence-electron chi connectivity index (χ2n) is 10.4. The predicted molar refractivity (Wildman–Crippen MR) is 161 cm³/mol. The summed E-state index contributed by atoms with van der Waals surface area (Å²) in [5, 5.41) is 15.2. The lowest BCUT2D eigenvalue weighted by molar-refractivity contribution is 0.0696. The molecule has 3 N–H and O–H groups in total. The molecule has 0 atom stereocenters. The summed E-state index contributed by atoms with van der Waals surface area (Å²) in [6.07, 6.45) is 8.67. The fourth-order valence-corrected chi connectivity index (χ4v) is 5.49. The van der Waals surface area contributed by atoms with Gasteiger partial charge in [-0.25, -0.2) is 9.78 Å². The maximum Gasteiger partial charge on any atom is 0.335 e. The van der Waals surface area contributed by atoms with Crippen molar-refractivity contribution in [2.24, 2.45) is 0 Å². The zero-order valence-electron chi connectivity index (χ0n) is 22.8. The molecule has 1 saturated carbocycles. The molecule has 2 heterocycles. The van der Waals surface area contributed by atoms with Gasteiger partial charge in [0.05, 0.1) is 22.2 Å². The van der Waals surface area contributed by atoms with E-state index in [1.807, 2.05) is 18.2 Å². The monoisotopic (exact) mass is 559 g/mol. The van der Waals surface area contributed by atoms with Gasteiger partial charge >= 0.3 is 5.97 Å². The van der Waals surface area contributed by atoms with E-state index in [-0.39, 0.29) is 23.4 Å². The van der Waals surface area contributed by atoms with Gasteiger partial charge in [-0.2, -0.15) is 0 Å². The number of carboxylic acids is 1. The fourth-order valence-electron chi connectivity index (χ4n) is 5.49. The van der Waals surface area contributed by atoms with Gasteiger partial charge in [0.2, 0.25) is 0 Å². The molecule has 42 heavy (non-hydrogen) atoms. The van der Waals surface area contributed by atoms with E-state index in [0.29, 0.717) is 28.0 Å². The molecule has 9 heteroatoms. The summed E-state index contributed by atoms with van der Waals surface area (Å²) in [6.45, 7) is 0. The normalized spacial score (nSPS) is 13.5. The average molecular weight is 560 g/mol. The molecule has 0 saturated heterocycles. The first kappa shape index (κ1) is 26.9. The Balaban J connectivity index is 1.22. The molecule has 210 valence electrons. The Labute approximate surface area is 242 Å². The third kappa shape index (κ3) is 5.62. The second-order valence-corrected chi connectivity index (χ2v) is 10.4. The second kappa shape index (κ2) is 11.7. The number of fused-ring (bicyclic) bond motifs is 1. The van der Waals surface area contributed by atoms with Gasteiger partial charge in [0, 0.05) is 40.9 Å². The number of carbonyl (C=O) groups excluding carboxylic acids is 2. The van der Waals surface area contributed by atoms with Crippen LogP contribution in [0.5, 0.6) is 0 Å². The molecule has 1 fully saturated rings. The summed E-state index contributed by atoms with van der Waals surface area (Å²) >= 11 is 0. The minimum atomic E-state index is -0.984. The number of benzene rings is 3. The summed E-state index contributed by atoms with van der Waals surface area (Å²) in [5.41, 5.74) is 4.61. The van der Waals surface area contributed by atoms with Gasteiger partial charge < -0.3 is 20.3 Å². The molecule has 0 radical (unpaired) electrons. The Bertz CT molecular complexity index is 1770. The molecule has 0 aliphatic heterocycles. The van der Waals surface area contributed by atoms with Crippen molar-refractivity contribution < 1.29 is 19.5 Å². The van der Waals surface area contributed by atoms with Crippen LogP contribution in [0.1, 0.15) is 69.2 Å². The molecule has 3 aromatic carbocycles. The number of nitrogens with zero attached hydrogens (tertiary/aromatic N) is 3. The number of aromatic nitrogens is 3. The Morgan fingerprint density at radius 1 is 0.762 bits per heavy atom. The highest BCUT2D eigenvalue weighted by Crippen LogP contribution is 2.36.